The number of likely N-dealkylation sites (N-methyl/N-ethyl adjacent to an activating group) is 1. The van der Waals surface area contributed by atoms with E-state index in [-0.39, 0.29) is 5.91 Å². The molecule has 2 heterocycles. The van der Waals surface area contributed by atoms with E-state index in [4.69, 9.17) is 44.3 Å². The van der Waals surface area contributed by atoms with E-state index in [1.165, 1.54) is 22.5 Å². The van der Waals surface area contributed by atoms with Crippen molar-refractivity contribution in [2.75, 3.05) is 71.0 Å². The van der Waals surface area contributed by atoms with E-state index < -0.39 is 23.9 Å². The van der Waals surface area contributed by atoms with E-state index in [0.29, 0.717) is 6.54 Å². The van der Waals surface area contributed by atoms with Crippen LogP contribution in [-0.4, -0.2) is 126 Å². The minimum absolute atomic E-state index is 0.156. The molecule has 2 aliphatic heterocycles. The number of nitrogens with one attached hydrogen (secondary N) is 1. The third kappa shape index (κ3) is 12.4. The van der Waals surface area contributed by atoms with E-state index in [1.54, 1.807) is 0 Å². The predicted molar refractivity (Wildman–Crippen MR) is 160 cm³/mol. The SMILES string of the molecule is CN(CCCN1c2ccccc2CCc2ccccc21)C(=O)CNCCN1CCOCC1.O=C(O)C(=O)O.O=C(O)C(=O)O. The summed E-state index contributed by atoms with van der Waals surface area (Å²) in [6.07, 6.45) is 3.06. The number of ether oxygens (including phenoxy) is 1. The van der Waals surface area contributed by atoms with Gasteiger partial charge in [-0.05, 0) is 42.5 Å². The Morgan fingerprint density at radius 2 is 1.25 bits per heavy atom. The number of anilines is 2. The third-order valence-electron chi connectivity index (χ3n) is 6.88. The van der Waals surface area contributed by atoms with E-state index >= 15 is 0 Å². The Morgan fingerprint density at radius 1 is 0.773 bits per heavy atom. The molecule has 5 N–H and O–H groups in total. The number of hydrogen-bond acceptors (Lipinski definition) is 9. The number of carbonyl (C=O) groups excluding carboxylic acids is 1. The van der Waals surface area contributed by atoms with Crippen LogP contribution in [0.5, 0.6) is 0 Å². The first-order valence-corrected chi connectivity index (χ1v) is 14.1. The van der Waals surface area contributed by atoms with Gasteiger partial charge in [-0.1, -0.05) is 36.4 Å². The Bertz CT molecular complexity index is 1170. The van der Waals surface area contributed by atoms with Crippen LogP contribution in [-0.2, 0) is 41.6 Å². The normalized spacial score (nSPS) is 13.8. The summed E-state index contributed by atoms with van der Waals surface area (Å²) in [7, 11) is 1.91. The molecule has 0 aromatic heterocycles. The number of rotatable bonds is 9. The summed E-state index contributed by atoms with van der Waals surface area (Å²) >= 11 is 0. The van der Waals surface area contributed by atoms with Crippen LogP contribution in [0.3, 0.4) is 0 Å². The number of carboxylic acids is 4. The van der Waals surface area contributed by atoms with Crippen molar-refractivity contribution in [3.8, 4) is 0 Å². The first-order valence-electron chi connectivity index (χ1n) is 14.1. The third-order valence-corrected chi connectivity index (χ3v) is 6.88. The van der Waals surface area contributed by atoms with Gasteiger partial charge in [-0.25, -0.2) is 19.2 Å². The lowest BCUT2D eigenvalue weighted by molar-refractivity contribution is -0.159. The number of aliphatic carboxylic acids is 4. The molecule has 14 nitrogen and oxygen atoms in total. The Hall–Kier alpha value is -4.53. The zero-order chi connectivity index (χ0) is 32.5. The molecule has 240 valence electrons. The van der Waals surface area contributed by atoms with E-state index in [0.717, 1.165) is 71.7 Å². The molecule has 0 unspecified atom stereocenters. The quantitative estimate of drug-likeness (QED) is 0.198. The number of carbonyl (C=O) groups is 5. The molecule has 2 aliphatic rings. The molecule has 0 radical (unpaired) electrons. The van der Waals surface area contributed by atoms with Gasteiger partial charge in [0.2, 0.25) is 5.91 Å². The van der Waals surface area contributed by atoms with Crippen molar-refractivity contribution in [3.63, 3.8) is 0 Å². The van der Waals surface area contributed by atoms with Crippen molar-refractivity contribution in [1.82, 2.24) is 15.1 Å². The second-order valence-electron chi connectivity index (χ2n) is 9.93. The molecule has 0 saturated carbocycles. The van der Waals surface area contributed by atoms with Crippen molar-refractivity contribution in [3.05, 3.63) is 59.7 Å². The highest BCUT2D eigenvalue weighted by atomic mass is 16.5. The van der Waals surface area contributed by atoms with Crippen LogP contribution < -0.4 is 10.2 Å². The molecular weight excluding hydrogens is 576 g/mol. The molecule has 0 atom stereocenters. The van der Waals surface area contributed by atoms with Gasteiger partial charge < -0.3 is 40.3 Å². The van der Waals surface area contributed by atoms with Gasteiger partial charge in [-0.15, -0.1) is 0 Å². The summed E-state index contributed by atoms with van der Waals surface area (Å²) < 4.78 is 5.38. The topological polar surface area (TPSA) is 197 Å². The lowest BCUT2D eigenvalue weighted by atomic mass is 10.0. The Labute approximate surface area is 255 Å². The van der Waals surface area contributed by atoms with Crippen molar-refractivity contribution in [2.24, 2.45) is 0 Å². The van der Waals surface area contributed by atoms with Gasteiger partial charge in [0, 0.05) is 57.7 Å². The standard InChI is InChI=1S/C26H36N4O2.2C2H2O4/c1-28(26(31)21-27-13-16-29-17-19-32-20-18-29)14-6-15-30-24-9-4-2-7-22(24)11-12-23-8-3-5-10-25(23)30;2*3-1(4)2(5)6/h2-5,7-10,27H,6,11-21H2,1H3;2*(H,3,4)(H,5,6). The maximum Gasteiger partial charge on any atom is 0.414 e. The Morgan fingerprint density at radius 3 is 1.73 bits per heavy atom. The molecule has 44 heavy (non-hydrogen) atoms. The molecule has 1 fully saturated rings. The Balaban J connectivity index is 0.000000477. The van der Waals surface area contributed by atoms with Crippen LogP contribution in [0.15, 0.2) is 48.5 Å². The van der Waals surface area contributed by atoms with Crippen molar-refractivity contribution in [2.45, 2.75) is 19.3 Å². The van der Waals surface area contributed by atoms with Crippen molar-refractivity contribution in [1.29, 1.82) is 0 Å². The molecule has 0 spiro atoms. The highest BCUT2D eigenvalue weighted by molar-refractivity contribution is 6.27. The number of fused-ring (bicyclic) bond motifs is 2. The molecule has 4 rings (SSSR count). The number of para-hydroxylation sites is 2. The van der Waals surface area contributed by atoms with Gasteiger partial charge in [0.1, 0.15) is 0 Å². The summed E-state index contributed by atoms with van der Waals surface area (Å²) in [5.41, 5.74) is 5.41. The van der Waals surface area contributed by atoms with Gasteiger partial charge >= 0.3 is 23.9 Å². The average molecular weight is 617 g/mol. The molecule has 1 saturated heterocycles. The summed E-state index contributed by atoms with van der Waals surface area (Å²) in [6, 6.07) is 17.4. The highest BCUT2D eigenvalue weighted by Gasteiger charge is 2.20. The molecule has 14 heteroatoms. The second kappa shape index (κ2) is 18.9. The highest BCUT2D eigenvalue weighted by Crippen LogP contribution is 2.35. The molecular formula is C30H40N4O10. The van der Waals surface area contributed by atoms with Gasteiger partial charge in [0.15, 0.2) is 0 Å². The van der Waals surface area contributed by atoms with E-state index in [9.17, 15) is 4.79 Å². The minimum atomic E-state index is -1.82. The second-order valence-corrected chi connectivity index (χ2v) is 9.93. The number of amides is 1. The molecule has 0 bridgehead atoms. The Kier molecular flexibility index (Phi) is 15.3. The largest absolute Gasteiger partial charge is 0.473 e. The molecule has 2 aromatic rings. The van der Waals surface area contributed by atoms with Crippen LogP contribution in [0, 0.1) is 0 Å². The smallest absolute Gasteiger partial charge is 0.414 e. The first kappa shape index (κ1) is 35.7. The van der Waals surface area contributed by atoms with Crippen LogP contribution in [0.2, 0.25) is 0 Å². The number of hydrogen-bond donors (Lipinski definition) is 5. The van der Waals surface area contributed by atoms with Gasteiger partial charge in [0.25, 0.3) is 0 Å². The fraction of sp³-hybridized carbons (Fsp3) is 0.433. The predicted octanol–water partition coefficient (Wildman–Crippen LogP) is 1.00. The summed E-state index contributed by atoms with van der Waals surface area (Å²) in [5, 5.41) is 32.9. The maximum absolute atomic E-state index is 12.5. The van der Waals surface area contributed by atoms with E-state index in [1.807, 2.05) is 11.9 Å². The number of nitrogens with zero attached hydrogens (tertiary/aromatic N) is 3. The fourth-order valence-electron chi connectivity index (χ4n) is 4.59. The summed E-state index contributed by atoms with van der Waals surface area (Å²) in [6.45, 7) is 7.45. The van der Waals surface area contributed by atoms with Gasteiger partial charge in [0.05, 0.1) is 19.8 Å². The first-order chi connectivity index (χ1) is 21.0. The number of carboxylic acid groups (broad SMARTS) is 4. The van der Waals surface area contributed by atoms with Crippen LogP contribution in [0.25, 0.3) is 0 Å². The zero-order valence-corrected chi connectivity index (χ0v) is 24.7. The molecule has 0 aliphatic carbocycles. The maximum atomic E-state index is 12.5. The molecule has 2 aromatic carbocycles. The lowest BCUT2D eigenvalue weighted by Crippen LogP contribution is -2.42. The van der Waals surface area contributed by atoms with E-state index in [2.05, 4.69) is 63.6 Å². The fourth-order valence-corrected chi connectivity index (χ4v) is 4.59. The number of aryl methyl sites for hydroxylation is 2. The van der Waals surface area contributed by atoms with Gasteiger partial charge in [-0.3, -0.25) is 9.69 Å². The molecule has 1 amide bonds. The number of benzene rings is 2. The minimum Gasteiger partial charge on any atom is -0.473 e. The number of morpholine rings is 1. The summed E-state index contributed by atoms with van der Waals surface area (Å²) in [5.74, 6) is -7.14. The van der Waals surface area contributed by atoms with Crippen molar-refractivity contribution < 1.29 is 49.1 Å². The van der Waals surface area contributed by atoms with Crippen LogP contribution in [0.1, 0.15) is 17.5 Å². The lowest BCUT2D eigenvalue weighted by Gasteiger charge is -2.28. The van der Waals surface area contributed by atoms with Crippen molar-refractivity contribution >= 4 is 41.2 Å². The summed E-state index contributed by atoms with van der Waals surface area (Å²) in [4.78, 5) is 55.6. The van der Waals surface area contributed by atoms with Gasteiger partial charge in [-0.2, -0.15) is 0 Å². The van der Waals surface area contributed by atoms with Crippen LogP contribution >= 0.6 is 0 Å². The average Bonchev–Trinajstić information content (AvgIpc) is 3.17. The van der Waals surface area contributed by atoms with Crippen LogP contribution in [0.4, 0.5) is 11.4 Å². The zero-order valence-electron chi connectivity index (χ0n) is 24.7. The monoisotopic (exact) mass is 616 g/mol.